The van der Waals surface area contributed by atoms with Gasteiger partial charge in [-0.3, -0.25) is 4.98 Å². The molecule has 0 spiro atoms. The molecule has 274 valence electrons. The van der Waals surface area contributed by atoms with Gasteiger partial charge in [0.25, 0.3) is 0 Å². The Balaban J connectivity index is 1.41. The Morgan fingerprint density at radius 2 is 0.983 bits per heavy atom. The molecule has 0 bridgehead atoms. The van der Waals surface area contributed by atoms with Gasteiger partial charge in [0.15, 0.2) is 0 Å². The quantitative estimate of drug-likeness (QED) is 0.144. The third kappa shape index (κ3) is 5.55. The van der Waals surface area contributed by atoms with Crippen molar-refractivity contribution in [1.29, 1.82) is 0 Å². The molecule has 0 N–H and O–H groups in total. The van der Waals surface area contributed by atoms with E-state index in [-0.39, 0.29) is 0 Å². The molecule has 0 aliphatic heterocycles. The standard InChI is InChI=1S/C53H36N4S/c1-5-19-37(20-6-1)38-21-17-28-42(35-38)57-46-32-15-13-30-44(46)48-50(57)49-45-31-14-16-33-47(45)58-53(49)52(55(39-22-7-2-8-23-39)40-24-9-3-10-25-40)51(48)56(41-26-11-4-12-27-41)43-29-18-34-54-36-43/h1-36H. The number of thiophene rings is 1. The molecule has 0 aliphatic carbocycles. The van der Waals surface area contributed by atoms with Crippen molar-refractivity contribution in [1.82, 2.24) is 9.55 Å². The largest absolute Gasteiger partial charge is 0.308 e. The molecule has 0 aliphatic rings. The fourth-order valence-electron chi connectivity index (χ4n) is 8.57. The molecule has 0 unspecified atom stereocenters. The highest BCUT2D eigenvalue weighted by molar-refractivity contribution is 7.26. The van der Waals surface area contributed by atoms with E-state index in [1.54, 1.807) is 0 Å². The fourth-order valence-corrected chi connectivity index (χ4v) is 9.81. The molecule has 3 heterocycles. The van der Waals surface area contributed by atoms with Gasteiger partial charge in [-0.1, -0.05) is 133 Å². The van der Waals surface area contributed by atoms with Crippen LogP contribution in [0.15, 0.2) is 219 Å². The van der Waals surface area contributed by atoms with Crippen LogP contribution in [0.25, 0.3) is 58.8 Å². The van der Waals surface area contributed by atoms with Gasteiger partial charge in [0, 0.05) is 55.2 Å². The summed E-state index contributed by atoms with van der Waals surface area (Å²) in [5.74, 6) is 0. The predicted molar refractivity (Wildman–Crippen MR) is 246 cm³/mol. The summed E-state index contributed by atoms with van der Waals surface area (Å²) in [7, 11) is 0. The van der Waals surface area contributed by atoms with Crippen LogP contribution in [0.5, 0.6) is 0 Å². The van der Waals surface area contributed by atoms with Crippen LogP contribution in [0, 0.1) is 0 Å². The van der Waals surface area contributed by atoms with Crippen LogP contribution < -0.4 is 9.80 Å². The van der Waals surface area contributed by atoms with Crippen LogP contribution in [0.4, 0.5) is 34.1 Å². The first kappa shape index (κ1) is 33.8. The van der Waals surface area contributed by atoms with Gasteiger partial charge in [-0.05, 0) is 83.9 Å². The number of rotatable bonds is 8. The van der Waals surface area contributed by atoms with Crippen molar-refractivity contribution in [3.05, 3.63) is 219 Å². The summed E-state index contributed by atoms with van der Waals surface area (Å²) in [4.78, 5) is 9.60. The number of anilines is 6. The van der Waals surface area contributed by atoms with Gasteiger partial charge in [-0.2, -0.15) is 0 Å². The lowest BCUT2D eigenvalue weighted by Gasteiger charge is -2.34. The Morgan fingerprint density at radius 3 is 1.64 bits per heavy atom. The maximum atomic E-state index is 4.72. The van der Waals surface area contributed by atoms with Crippen molar-refractivity contribution in [2.75, 3.05) is 9.80 Å². The Bertz CT molecular complexity index is 3140. The number of fused-ring (bicyclic) bond motifs is 7. The van der Waals surface area contributed by atoms with Crippen molar-refractivity contribution in [3.63, 3.8) is 0 Å². The van der Waals surface area contributed by atoms with E-state index in [0.717, 1.165) is 50.7 Å². The highest BCUT2D eigenvalue weighted by Crippen LogP contribution is 2.58. The molecule has 8 aromatic carbocycles. The minimum atomic E-state index is 0.973. The van der Waals surface area contributed by atoms with Gasteiger partial charge in [0.2, 0.25) is 0 Å². The summed E-state index contributed by atoms with van der Waals surface area (Å²) in [6, 6.07) is 74.0. The first-order valence-corrected chi connectivity index (χ1v) is 20.4. The molecule has 5 heteroatoms. The Kier molecular flexibility index (Phi) is 8.30. The van der Waals surface area contributed by atoms with E-state index in [1.807, 2.05) is 29.8 Å². The third-order valence-corrected chi connectivity index (χ3v) is 12.2. The minimum absolute atomic E-state index is 0.973. The number of nitrogens with zero attached hydrogens (tertiary/aromatic N) is 4. The average molecular weight is 761 g/mol. The van der Waals surface area contributed by atoms with E-state index < -0.39 is 0 Å². The van der Waals surface area contributed by atoms with E-state index in [9.17, 15) is 0 Å². The average Bonchev–Trinajstić information content (AvgIpc) is 3.86. The monoisotopic (exact) mass is 760 g/mol. The van der Waals surface area contributed by atoms with E-state index in [4.69, 9.17) is 4.98 Å². The number of para-hydroxylation sites is 4. The van der Waals surface area contributed by atoms with Crippen molar-refractivity contribution in [2.24, 2.45) is 0 Å². The lowest BCUT2D eigenvalue weighted by Crippen LogP contribution is -2.17. The molecular formula is C53H36N4S. The zero-order valence-corrected chi connectivity index (χ0v) is 32.3. The number of benzene rings is 8. The van der Waals surface area contributed by atoms with Gasteiger partial charge in [0.1, 0.15) is 0 Å². The van der Waals surface area contributed by atoms with Crippen LogP contribution in [-0.2, 0) is 0 Å². The number of hydrogen-bond acceptors (Lipinski definition) is 4. The van der Waals surface area contributed by atoms with E-state index in [1.165, 1.54) is 42.2 Å². The van der Waals surface area contributed by atoms with Crippen LogP contribution >= 0.6 is 11.3 Å². The smallest absolute Gasteiger partial charge is 0.0891 e. The zero-order valence-electron chi connectivity index (χ0n) is 31.5. The number of hydrogen-bond donors (Lipinski definition) is 0. The molecule has 0 radical (unpaired) electrons. The first-order chi connectivity index (χ1) is 28.8. The number of pyridine rings is 1. The molecule has 0 saturated heterocycles. The second-order valence-electron chi connectivity index (χ2n) is 14.4. The summed E-state index contributed by atoms with van der Waals surface area (Å²) in [5.41, 5.74) is 12.1. The molecule has 0 amide bonds. The summed E-state index contributed by atoms with van der Waals surface area (Å²) in [6.07, 6.45) is 3.83. The summed E-state index contributed by atoms with van der Waals surface area (Å²) >= 11 is 1.86. The minimum Gasteiger partial charge on any atom is -0.308 e. The zero-order chi connectivity index (χ0) is 38.4. The van der Waals surface area contributed by atoms with E-state index in [0.29, 0.717) is 0 Å². The highest BCUT2D eigenvalue weighted by Gasteiger charge is 2.32. The van der Waals surface area contributed by atoms with E-state index in [2.05, 4.69) is 215 Å². The maximum Gasteiger partial charge on any atom is 0.0891 e. The van der Waals surface area contributed by atoms with Crippen molar-refractivity contribution < 1.29 is 0 Å². The lowest BCUT2D eigenvalue weighted by atomic mass is 10.00. The lowest BCUT2D eigenvalue weighted by molar-refractivity contribution is 1.18. The highest BCUT2D eigenvalue weighted by atomic mass is 32.1. The molecule has 0 atom stereocenters. The topological polar surface area (TPSA) is 24.3 Å². The molecule has 3 aromatic heterocycles. The molecule has 11 aromatic rings. The number of aromatic nitrogens is 2. The third-order valence-electron chi connectivity index (χ3n) is 11.0. The fraction of sp³-hybridized carbons (Fsp3) is 0. The Labute approximate surface area is 340 Å². The predicted octanol–water partition coefficient (Wildman–Crippen LogP) is 15.2. The van der Waals surface area contributed by atoms with E-state index >= 15 is 0 Å². The maximum absolute atomic E-state index is 4.72. The normalized spacial score (nSPS) is 11.4. The summed E-state index contributed by atoms with van der Waals surface area (Å²) in [6.45, 7) is 0. The van der Waals surface area contributed by atoms with Crippen LogP contribution in [0.1, 0.15) is 0 Å². The van der Waals surface area contributed by atoms with Gasteiger partial charge in [-0.15, -0.1) is 11.3 Å². The van der Waals surface area contributed by atoms with Crippen LogP contribution in [0.3, 0.4) is 0 Å². The van der Waals surface area contributed by atoms with Crippen LogP contribution in [0.2, 0.25) is 0 Å². The Morgan fingerprint density at radius 1 is 0.431 bits per heavy atom. The van der Waals surface area contributed by atoms with Gasteiger partial charge in [0.05, 0.1) is 39.0 Å². The van der Waals surface area contributed by atoms with Crippen molar-refractivity contribution in [2.45, 2.75) is 0 Å². The van der Waals surface area contributed by atoms with Crippen molar-refractivity contribution in [3.8, 4) is 16.8 Å². The van der Waals surface area contributed by atoms with Crippen molar-refractivity contribution >= 4 is 87.4 Å². The second-order valence-corrected chi connectivity index (χ2v) is 15.4. The summed E-state index contributed by atoms with van der Waals surface area (Å²) in [5, 5.41) is 4.79. The molecule has 0 saturated carbocycles. The molecule has 0 fully saturated rings. The summed E-state index contributed by atoms with van der Waals surface area (Å²) < 4.78 is 4.94. The molecule has 4 nitrogen and oxygen atoms in total. The SMILES string of the molecule is c1ccc(-c2cccc(-n3c4ccccc4c4c(N(c5ccccc5)c5cccnc5)c(N(c5ccccc5)c5ccccc5)c5sc6ccccc6c5c43)c2)cc1. The Hall–Kier alpha value is -7.47. The first-order valence-electron chi connectivity index (χ1n) is 19.5. The molecular weight excluding hydrogens is 725 g/mol. The molecule has 11 rings (SSSR count). The molecule has 58 heavy (non-hydrogen) atoms. The van der Waals surface area contributed by atoms with Gasteiger partial charge in [-0.25, -0.2) is 0 Å². The van der Waals surface area contributed by atoms with Crippen LogP contribution in [-0.4, -0.2) is 9.55 Å². The van der Waals surface area contributed by atoms with Gasteiger partial charge < -0.3 is 14.4 Å². The second kappa shape index (κ2) is 14.2. The van der Waals surface area contributed by atoms with Gasteiger partial charge >= 0.3 is 0 Å².